The maximum Gasteiger partial charge on any atom is 0.305 e. The van der Waals surface area contributed by atoms with Crippen LogP contribution in [0.4, 0.5) is 0 Å². The number of hydrogen-bond donors (Lipinski definition) is 0. The summed E-state index contributed by atoms with van der Waals surface area (Å²) in [5, 5.41) is -0.906. The van der Waals surface area contributed by atoms with Crippen LogP contribution in [-0.4, -0.2) is 41.0 Å². The summed E-state index contributed by atoms with van der Waals surface area (Å²) in [7, 11) is 0.644. The molecule has 0 spiro atoms. The third-order valence-corrected chi connectivity index (χ3v) is 8.16. The third-order valence-electron chi connectivity index (χ3n) is 5.93. The van der Waals surface area contributed by atoms with Crippen LogP contribution in [0.1, 0.15) is 35.4 Å². The molecule has 0 amide bonds. The van der Waals surface area contributed by atoms with Crippen molar-refractivity contribution >= 4 is 15.8 Å². The van der Waals surface area contributed by atoms with Crippen LogP contribution in [0, 0.1) is 6.92 Å². The summed E-state index contributed by atoms with van der Waals surface area (Å²) < 4.78 is 43.4. The van der Waals surface area contributed by atoms with Gasteiger partial charge in [-0.3, -0.25) is 4.79 Å². The number of benzene rings is 3. The van der Waals surface area contributed by atoms with E-state index in [1.165, 1.54) is 7.11 Å². The van der Waals surface area contributed by atoms with Gasteiger partial charge in [0.15, 0.2) is 9.84 Å². The lowest BCUT2D eigenvalue weighted by atomic mass is 9.86. The normalized spacial score (nSPS) is 12.3. The second-order valence-corrected chi connectivity index (χ2v) is 10.2. The molecule has 1 unspecified atom stereocenters. The molecular formula is C27H30O6S. The maximum atomic E-state index is 14.0. The van der Waals surface area contributed by atoms with Crippen LogP contribution in [0.15, 0.2) is 77.7 Å². The molecule has 6 nitrogen and oxygen atoms in total. The molecule has 180 valence electrons. The van der Waals surface area contributed by atoms with E-state index in [2.05, 4.69) is 0 Å². The molecule has 3 rings (SSSR count). The Kier molecular flexibility index (Phi) is 8.34. The van der Waals surface area contributed by atoms with Gasteiger partial charge in [-0.15, -0.1) is 0 Å². The highest BCUT2D eigenvalue weighted by Crippen LogP contribution is 2.38. The Bertz CT molecular complexity index is 1140. The van der Waals surface area contributed by atoms with E-state index in [0.717, 1.165) is 16.7 Å². The zero-order valence-corrected chi connectivity index (χ0v) is 20.7. The number of esters is 1. The summed E-state index contributed by atoms with van der Waals surface area (Å²) in [6.45, 7) is 1.91. The number of sulfone groups is 1. The molecule has 0 aliphatic heterocycles. The Hall–Kier alpha value is -3.32. The highest BCUT2D eigenvalue weighted by atomic mass is 32.2. The zero-order chi connectivity index (χ0) is 24.7. The fraction of sp³-hybridized carbons (Fsp3) is 0.296. The molecule has 3 aromatic rings. The SMILES string of the molecule is COC(=O)CCC(C(c1ccc(OC)cc1)c1ccc(OC)cc1)S(=O)(=O)c1ccc(C)cc1. The summed E-state index contributed by atoms with van der Waals surface area (Å²) in [6.07, 6.45) is 0.0840. The van der Waals surface area contributed by atoms with Crippen LogP contribution in [-0.2, 0) is 19.4 Å². The molecule has 0 heterocycles. The molecule has 7 heteroatoms. The zero-order valence-electron chi connectivity index (χ0n) is 19.9. The number of carbonyl (C=O) groups is 1. The average Bonchev–Trinajstić information content (AvgIpc) is 2.86. The van der Waals surface area contributed by atoms with Gasteiger partial charge in [0.25, 0.3) is 0 Å². The standard InChI is InChI=1S/C27H30O6S/c1-19-5-15-24(16-6-19)34(29,30)25(17-18-26(28)33-4)27(20-7-11-22(31-2)12-8-20)21-9-13-23(32-3)14-10-21/h5-16,25,27H,17-18H2,1-4H3. The summed E-state index contributed by atoms with van der Waals surface area (Å²) in [4.78, 5) is 12.3. The minimum atomic E-state index is -3.82. The van der Waals surface area contributed by atoms with Gasteiger partial charge in [-0.05, 0) is 60.9 Å². The van der Waals surface area contributed by atoms with Crippen molar-refractivity contribution in [2.45, 2.75) is 35.8 Å². The van der Waals surface area contributed by atoms with Crippen molar-refractivity contribution in [2.75, 3.05) is 21.3 Å². The first-order chi connectivity index (χ1) is 16.3. The van der Waals surface area contributed by atoms with E-state index in [9.17, 15) is 13.2 Å². The molecule has 0 aliphatic rings. The van der Waals surface area contributed by atoms with Gasteiger partial charge in [-0.25, -0.2) is 8.42 Å². The van der Waals surface area contributed by atoms with Crippen LogP contribution in [0.25, 0.3) is 0 Å². The number of hydrogen-bond acceptors (Lipinski definition) is 6. The molecule has 0 saturated carbocycles. The molecular weight excluding hydrogens is 452 g/mol. The Balaban J connectivity index is 2.17. The molecule has 0 fully saturated rings. The molecule has 0 aliphatic carbocycles. The number of carbonyl (C=O) groups excluding carboxylic acids is 1. The summed E-state index contributed by atoms with van der Waals surface area (Å²) in [6, 6.07) is 21.5. The second kappa shape index (κ2) is 11.2. The van der Waals surface area contributed by atoms with Crippen molar-refractivity contribution < 1.29 is 27.4 Å². The van der Waals surface area contributed by atoms with Crippen molar-refractivity contribution in [3.63, 3.8) is 0 Å². The highest BCUT2D eigenvalue weighted by Gasteiger charge is 2.37. The topological polar surface area (TPSA) is 78.9 Å². The van der Waals surface area contributed by atoms with Gasteiger partial charge in [-0.2, -0.15) is 0 Å². The Morgan fingerprint density at radius 2 is 1.24 bits per heavy atom. The Morgan fingerprint density at radius 3 is 1.65 bits per heavy atom. The number of aryl methyl sites for hydroxylation is 1. The van der Waals surface area contributed by atoms with Gasteiger partial charge in [0.05, 0.1) is 31.5 Å². The minimum Gasteiger partial charge on any atom is -0.497 e. The highest BCUT2D eigenvalue weighted by molar-refractivity contribution is 7.92. The quantitative estimate of drug-likeness (QED) is 0.381. The van der Waals surface area contributed by atoms with E-state index < -0.39 is 27.0 Å². The van der Waals surface area contributed by atoms with Crippen LogP contribution >= 0.6 is 0 Å². The molecule has 3 aromatic carbocycles. The molecule has 1 atom stereocenters. The minimum absolute atomic E-state index is 0.0188. The van der Waals surface area contributed by atoms with Gasteiger partial charge in [-0.1, -0.05) is 42.0 Å². The first-order valence-corrected chi connectivity index (χ1v) is 12.5. The van der Waals surface area contributed by atoms with E-state index in [1.54, 1.807) is 38.5 Å². The first kappa shape index (κ1) is 25.3. The predicted molar refractivity (Wildman–Crippen MR) is 131 cm³/mol. The fourth-order valence-corrected chi connectivity index (χ4v) is 5.98. The van der Waals surface area contributed by atoms with E-state index in [-0.39, 0.29) is 17.7 Å². The second-order valence-electron chi connectivity index (χ2n) is 8.04. The monoisotopic (exact) mass is 482 g/mol. The van der Waals surface area contributed by atoms with Gasteiger partial charge >= 0.3 is 5.97 Å². The molecule has 34 heavy (non-hydrogen) atoms. The summed E-state index contributed by atoms with van der Waals surface area (Å²) >= 11 is 0. The van der Waals surface area contributed by atoms with Crippen LogP contribution < -0.4 is 9.47 Å². The molecule has 0 radical (unpaired) electrons. The number of methoxy groups -OCH3 is 3. The number of rotatable bonds is 10. The predicted octanol–water partition coefficient (Wildman–Crippen LogP) is 4.94. The summed E-state index contributed by atoms with van der Waals surface area (Å²) in [5.74, 6) is 0.356. The van der Waals surface area contributed by atoms with Gasteiger partial charge in [0.2, 0.25) is 0 Å². The average molecular weight is 483 g/mol. The lowest BCUT2D eigenvalue weighted by Gasteiger charge is -2.28. The van der Waals surface area contributed by atoms with Crippen LogP contribution in [0.2, 0.25) is 0 Å². The largest absolute Gasteiger partial charge is 0.497 e. The van der Waals surface area contributed by atoms with Gasteiger partial charge < -0.3 is 14.2 Å². The smallest absolute Gasteiger partial charge is 0.305 e. The van der Waals surface area contributed by atoms with Gasteiger partial charge in [0.1, 0.15) is 11.5 Å². The van der Waals surface area contributed by atoms with Crippen molar-refractivity contribution in [1.29, 1.82) is 0 Å². The van der Waals surface area contributed by atoms with E-state index in [1.807, 2.05) is 55.5 Å². The molecule has 0 bridgehead atoms. The van der Waals surface area contributed by atoms with Crippen molar-refractivity contribution in [3.8, 4) is 11.5 Å². The molecule has 0 aromatic heterocycles. The van der Waals surface area contributed by atoms with Crippen LogP contribution in [0.3, 0.4) is 0 Å². The van der Waals surface area contributed by atoms with Crippen molar-refractivity contribution in [1.82, 2.24) is 0 Å². The van der Waals surface area contributed by atoms with E-state index in [0.29, 0.717) is 11.5 Å². The first-order valence-electron chi connectivity index (χ1n) is 11.0. The van der Waals surface area contributed by atoms with Crippen molar-refractivity contribution in [3.05, 3.63) is 89.5 Å². The maximum absolute atomic E-state index is 14.0. The molecule has 0 N–H and O–H groups in total. The number of ether oxygens (including phenoxy) is 3. The fourth-order valence-electron chi connectivity index (χ4n) is 4.01. The Labute approximate surface area is 201 Å². The Morgan fingerprint density at radius 1 is 0.765 bits per heavy atom. The lowest BCUT2D eigenvalue weighted by molar-refractivity contribution is -0.140. The van der Waals surface area contributed by atoms with E-state index in [4.69, 9.17) is 14.2 Å². The molecule has 0 saturated heterocycles. The van der Waals surface area contributed by atoms with Crippen LogP contribution in [0.5, 0.6) is 11.5 Å². The lowest BCUT2D eigenvalue weighted by Crippen LogP contribution is -2.30. The third kappa shape index (κ3) is 5.78. The van der Waals surface area contributed by atoms with E-state index >= 15 is 0 Å². The van der Waals surface area contributed by atoms with Gasteiger partial charge in [0, 0.05) is 12.3 Å². The van der Waals surface area contributed by atoms with Crippen molar-refractivity contribution in [2.24, 2.45) is 0 Å². The summed E-state index contributed by atoms with van der Waals surface area (Å²) in [5.41, 5.74) is 2.57.